The molecule has 0 atom stereocenters. The lowest BCUT2D eigenvalue weighted by Gasteiger charge is -2.09. The normalized spacial score (nSPS) is 11.6. The first-order valence-electron chi connectivity index (χ1n) is 4.49. The molecule has 0 unspecified atom stereocenters. The molecule has 1 amide bonds. The van der Waals surface area contributed by atoms with Gasteiger partial charge in [-0.05, 0) is 13.8 Å². The topological polar surface area (TPSA) is 47.9 Å². The van der Waals surface area contributed by atoms with Gasteiger partial charge in [-0.25, -0.2) is 4.79 Å². The largest absolute Gasteiger partial charge is 0.481 e. The van der Waals surface area contributed by atoms with Crippen LogP contribution in [0.1, 0.15) is 27.7 Å². The fraction of sp³-hybridized carbons (Fsp3) is 0.778. The summed E-state index contributed by atoms with van der Waals surface area (Å²) < 4.78 is 9.83. The van der Waals surface area contributed by atoms with Crippen molar-refractivity contribution in [3.63, 3.8) is 0 Å². The van der Waals surface area contributed by atoms with E-state index in [2.05, 4.69) is 9.73 Å². The van der Waals surface area contributed by atoms with Crippen LogP contribution in [0.5, 0.6) is 0 Å². The molecule has 0 aromatic carbocycles. The lowest BCUT2D eigenvalue weighted by Crippen LogP contribution is -2.15. The number of ether oxygens (including phenoxy) is 2. The molecule has 0 N–H and O–H groups in total. The van der Waals surface area contributed by atoms with Crippen molar-refractivity contribution in [2.45, 2.75) is 27.7 Å². The summed E-state index contributed by atoms with van der Waals surface area (Å²) in [5.74, 6) is 0.533. The van der Waals surface area contributed by atoms with Gasteiger partial charge in [-0.1, -0.05) is 13.8 Å². The zero-order valence-corrected chi connectivity index (χ0v) is 8.66. The number of aliphatic imine (C=N–C) groups is 1. The Morgan fingerprint density at radius 3 is 2.15 bits per heavy atom. The van der Waals surface area contributed by atoms with Gasteiger partial charge in [0.2, 0.25) is 0 Å². The molecular weight excluding hydrogens is 170 g/mol. The van der Waals surface area contributed by atoms with E-state index in [4.69, 9.17) is 4.74 Å². The molecule has 4 heteroatoms. The van der Waals surface area contributed by atoms with E-state index in [9.17, 15) is 4.79 Å². The monoisotopic (exact) mass is 187 g/mol. The molecule has 0 aromatic heterocycles. The third-order valence-corrected chi connectivity index (χ3v) is 1.26. The predicted molar refractivity (Wildman–Crippen MR) is 50.9 cm³/mol. The number of amides is 1. The standard InChI is InChI=1S/C9H17NO3/c1-5-12-8(7(3)4)10-9(11)13-6-2/h7H,5-6H2,1-4H3/b10-8+. The van der Waals surface area contributed by atoms with Crippen molar-refractivity contribution in [3.05, 3.63) is 0 Å². The number of nitrogens with zero attached hydrogens (tertiary/aromatic N) is 1. The molecule has 0 bridgehead atoms. The highest BCUT2D eigenvalue weighted by molar-refractivity contribution is 5.89. The van der Waals surface area contributed by atoms with Gasteiger partial charge < -0.3 is 9.47 Å². The Bertz CT molecular complexity index is 187. The van der Waals surface area contributed by atoms with E-state index in [0.717, 1.165) is 0 Å². The molecule has 4 nitrogen and oxygen atoms in total. The summed E-state index contributed by atoms with van der Waals surface area (Å²) in [5.41, 5.74) is 0. The summed E-state index contributed by atoms with van der Waals surface area (Å²) in [4.78, 5) is 14.6. The summed E-state index contributed by atoms with van der Waals surface area (Å²) in [6.45, 7) is 8.25. The quantitative estimate of drug-likeness (QED) is 0.503. The molecule has 0 radical (unpaired) electrons. The number of carbonyl (C=O) groups is 1. The smallest absolute Gasteiger partial charge is 0.436 e. The summed E-state index contributed by atoms with van der Waals surface area (Å²) in [5, 5.41) is 0. The molecule has 0 aromatic rings. The molecule has 0 saturated heterocycles. The minimum absolute atomic E-state index is 0.101. The maximum Gasteiger partial charge on any atom is 0.436 e. The Hall–Kier alpha value is -1.06. The lowest BCUT2D eigenvalue weighted by molar-refractivity contribution is 0.162. The van der Waals surface area contributed by atoms with E-state index in [1.807, 2.05) is 20.8 Å². The van der Waals surface area contributed by atoms with E-state index >= 15 is 0 Å². The third-order valence-electron chi connectivity index (χ3n) is 1.26. The zero-order valence-electron chi connectivity index (χ0n) is 8.66. The minimum atomic E-state index is -0.584. The van der Waals surface area contributed by atoms with Gasteiger partial charge >= 0.3 is 6.09 Å². The van der Waals surface area contributed by atoms with Gasteiger partial charge in [0, 0.05) is 5.92 Å². The van der Waals surface area contributed by atoms with Crippen molar-refractivity contribution in [2.24, 2.45) is 10.9 Å². The maximum atomic E-state index is 10.9. The van der Waals surface area contributed by atoms with E-state index in [1.165, 1.54) is 0 Å². The number of carbonyl (C=O) groups excluding carboxylic acids is 1. The Labute approximate surface area is 78.9 Å². The van der Waals surface area contributed by atoms with Gasteiger partial charge in [-0.3, -0.25) is 0 Å². The van der Waals surface area contributed by atoms with E-state index in [-0.39, 0.29) is 5.92 Å². The Morgan fingerprint density at radius 2 is 1.77 bits per heavy atom. The van der Waals surface area contributed by atoms with Gasteiger partial charge in [0.25, 0.3) is 0 Å². The van der Waals surface area contributed by atoms with Crippen LogP contribution in [0.15, 0.2) is 4.99 Å². The first kappa shape index (κ1) is 11.9. The first-order valence-corrected chi connectivity index (χ1v) is 4.49. The Kier molecular flexibility index (Phi) is 5.93. The van der Waals surface area contributed by atoms with Crippen molar-refractivity contribution in [3.8, 4) is 0 Å². The maximum absolute atomic E-state index is 10.9. The van der Waals surface area contributed by atoms with E-state index < -0.39 is 6.09 Å². The molecule has 0 aliphatic carbocycles. The third kappa shape index (κ3) is 5.22. The van der Waals surface area contributed by atoms with Crippen LogP contribution in [0, 0.1) is 5.92 Å². The van der Waals surface area contributed by atoms with Gasteiger partial charge in [0.1, 0.15) is 0 Å². The van der Waals surface area contributed by atoms with Crippen LogP contribution < -0.4 is 0 Å². The zero-order chi connectivity index (χ0) is 10.3. The van der Waals surface area contributed by atoms with Crippen molar-refractivity contribution in [1.82, 2.24) is 0 Å². The van der Waals surface area contributed by atoms with Crippen LogP contribution in [0.4, 0.5) is 4.79 Å². The molecule has 0 aliphatic heterocycles. The SMILES string of the molecule is CCOC(=O)/N=C(/OCC)C(C)C. The lowest BCUT2D eigenvalue weighted by atomic mass is 10.2. The molecule has 0 rings (SSSR count). The molecule has 13 heavy (non-hydrogen) atoms. The van der Waals surface area contributed by atoms with Crippen LogP contribution in [-0.2, 0) is 9.47 Å². The van der Waals surface area contributed by atoms with Gasteiger partial charge in [0.05, 0.1) is 13.2 Å². The molecule has 0 heterocycles. The highest BCUT2D eigenvalue weighted by Gasteiger charge is 2.09. The highest BCUT2D eigenvalue weighted by atomic mass is 16.6. The summed E-state index contributed by atoms with van der Waals surface area (Å²) in [6.07, 6.45) is -0.584. The number of rotatable bonds is 3. The highest BCUT2D eigenvalue weighted by Crippen LogP contribution is 2.00. The summed E-state index contributed by atoms with van der Waals surface area (Å²) in [7, 11) is 0. The fourth-order valence-electron chi connectivity index (χ4n) is 0.722. The van der Waals surface area contributed by atoms with Crippen LogP contribution in [-0.4, -0.2) is 25.2 Å². The first-order chi connectivity index (χ1) is 6.11. The average Bonchev–Trinajstić information content (AvgIpc) is 2.04. The predicted octanol–water partition coefficient (Wildman–Crippen LogP) is 2.23. The van der Waals surface area contributed by atoms with Gasteiger partial charge in [0.15, 0.2) is 5.90 Å². The fourth-order valence-corrected chi connectivity index (χ4v) is 0.722. The summed E-state index contributed by atoms with van der Waals surface area (Å²) in [6, 6.07) is 0. The van der Waals surface area contributed by atoms with Crippen LogP contribution in [0.3, 0.4) is 0 Å². The van der Waals surface area contributed by atoms with Crippen molar-refractivity contribution in [1.29, 1.82) is 0 Å². The second-order valence-corrected chi connectivity index (χ2v) is 2.74. The average molecular weight is 187 g/mol. The molecular formula is C9H17NO3. The Morgan fingerprint density at radius 1 is 1.23 bits per heavy atom. The van der Waals surface area contributed by atoms with Crippen LogP contribution in [0.25, 0.3) is 0 Å². The van der Waals surface area contributed by atoms with Crippen LogP contribution in [0.2, 0.25) is 0 Å². The van der Waals surface area contributed by atoms with Crippen molar-refractivity contribution >= 4 is 12.0 Å². The molecule has 76 valence electrons. The molecule has 0 saturated carbocycles. The van der Waals surface area contributed by atoms with Gasteiger partial charge in [-0.2, -0.15) is 0 Å². The van der Waals surface area contributed by atoms with Crippen molar-refractivity contribution in [2.75, 3.05) is 13.2 Å². The number of hydrogen-bond donors (Lipinski definition) is 0. The second kappa shape index (κ2) is 6.46. The van der Waals surface area contributed by atoms with E-state index in [0.29, 0.717) is 19.1 Å². The molecule has 0 spiro atoms. The number of hydrogen-bond acceptors (Lipinski definition) is 3. The Balaban J connectivity index is 4.25. The summed E-state index contributed by atoms with van der Waals surface area (Å²) >= 11 is 0. The minimum Gasteiger partial charge on any atom is -0.481 e. The molecule has 0 aliphatic rings. The second-order valence-electron chi connectivity index (χ2n) is 2.74. The van der Waals surface area contributed by atoms with Crippen molar-refractivity contribution < 1.29 is 14.3 Å². The van der Waals surface area contributed by atoms with E-state index in [1.54, 1.807) is 6.92 Å². The van der Waals surface area contributed by atoms with Crippen LogP contribution >= 0.6 is 0 Å². The molecule has 0 fully saturated rings. The van der Waals surface area contributed by atoms with Gasteiger partial charge in [-0.15, -0.1) is 4.99 Å².